The third kappa shape index (κ3) is 2.89. The molecule has 138 valence electrons. The molecule has 2 atom stereocenters. The first kappa shape index (κ1) is 17.0. The van der Waals surface area contributed by atoms with Gasteiger partial charge in [-0.2, -0.15) is 5.10 Å². The van der Waals surface area contributed by atoms with Crippen LogP contribution in [0.2, 0.25) is 0 Å². The summed E-state index contributed by atoms with van der Waals surface area (Å²) in [5, 5.41) is 14.8. The van der Waals surface area contributed by atoms with Crippen LogP contribution in [0.1, 0.15) is 68.4 Å². The molecule has 2 heterocycles. The highest BCUT2D eigenvalue weighted by Crippen LogP contribution is 2.51. The monoisotopic (exact) mass is 347 g/mol. The Bertz CT molecular complexity index is 613. The summed E-state index contributed by atoms with van der Waals surface area (Å²) in [6.45, 7) is 4.03. The first-order valence-corrected chi connectivity index (χ1v) is 9.78. The van der Waals surface area contributed by atoms with Crippen molar-refractivity contribution >= 4 is 5.91 Å². The molecule has 3 aliphatic rings. The van der Waals surface area contributed by atoms with Crippen molar-refractivity contribution in [3.8, 4) is 0 Å². The van der Waals surface area contributed by atoms with Crippen molar-refractivity contribution in [1.29, 1.82) is 0 Å². The van der Waals surface area contributed by atoms with Gasteiger partial charge in [-0.1, -0.05) is 12.8 Å². The van der Waals surface area contributed by atoms with Crippen LogP contribution in [0.25, 0.3) is 0 Å². The second-order valence-corrected chi connectivity index (χ2v) is 7.84. The minimum absolute atomic E-state index is 0.0216. The number of ether oxygens (including phenoxy) is 1. The van der Waals surface area contributed by atoms with Gasteiger partial charge < -0.3 is 14.7 Å². The van der Waals surface area contributed by atoms with Crippen LogP contribution in [0.4, 0.5) is 0 Å². The van der Waals surface area contributed by atoms with Gasteiger partial charge in [0.2, 0.25) is 0 Å². The molecule has 4 rings (SSSR count). The third-order valence-corrected chi connectivity index (χ3v) is 6.62. The molecule has 1 amide bonds. The number of nitrogens with zero attached hydrogens (tertiary/aromatic N) is 3. The van der Waals surface area contributed by atoms with Crippen LogP contribution >= 0.6 is 0 Å². The van der Waals surface area contributed by atoms with Crippen molar-refractivity contribution in [2.24, 2.45) is 5.41 Å². The first-order chi connectivity index (χ1) is 12.1. The zero-order valence-electron chi connectivity index (χ0n) is 15.1. The molecule has 2 aliphatic carbocycles. The van der Waals surface area contributed by atoms with Gasteiger partial charge in [-0.05, 0) is 38.7 Å². The minimum Gasteiger partial charge on any atom is -0.392 e. The van der Waals surface area contributed by atoms with Crippen LogP contribution in [0.5, 0.6) is 0 Å². The lowest BCUT2D eigenvalue weighted by Gasteiger charge is -2.56. The van der Waals surface area contributed by atoms with Crippen LogP contribution in [-0.2, 0) is 4.74 Å². The van der Waals surface area contributed by atoms with Crippen LogP contribution in [0.15, 0.2) is 12.3 Å². The van der Waals surface area contributed by atoms with Crippen molar-refractivity contribution in [2.75, 3.05) is 19.7 Å². The molecule has 0 aromatic carbocycles. The maximum atomic E-state index is 12.8. The standard InChI is InChI=1S/C19H29N3O3/c1-2-25-17-13-16(23)19(17)8-11-21(12-9-19)18(24)15-7-10-22(20-15)14-5-3-4-6-14/h7,10,14,16-17,23H,2-6,8-9,11-13H2,1H3. The molecule has 6 heteroatoms. The predicted octanol–water partition coefficient (Wildman–Crippen LogP) is 2.39. The summed E-state index contributed by atoms with van der Waals surface area (Å²) in [5.41, 5.74) is 0.411. The van der Waals surface area contributed by atoms with E-state index in [-0.39, 0.29) is 23.5 Å². The summed E-state index contributed by atoms with van der Waals surface area (Å²) < 4.78 is 7.78. The van der Waals surface area contributed by atoms with Gasteiger partial charge in [0.25, 0.3) is 5.91 Å². The minimum atomic E-state index is -0.289. The van der Waals surface area contributed by atoms with Gasteiger partial charge in [0, 0.05) is 37.7 Å². The molecule has 25 heavy (non-hydrogen) atoms. The summed E-state index contributed by atoms with van der Waals surface area (Å²) in [6, 6.07) is 2.31. The zero-order valence-corrected chi connectivity index (χ0v) is 15.1. The molecule has 2 saturated carbocycles. The van der Waals surface area contributed by atoms with Gasteiger partial charge in [0.15, 0.2) is 0 Å². The number of likely N-dealkylation sites (tertiary alicyclic amines) is 1. The Labute approximate surface area is 149 Å². The number of aromatic nitrogens is 2. The van der Waals surface area contributed by atoms with E-state index in [2.05, 4.69) is 5.10 Å². The van der Waals surface area contributed by atoms with E-state index in [4.69, 9.17) is 4.74 Å². The molecule has 0 radical (unpaired) electrons. The van der Waals surface area contributed by atoms with Crippen molar-refractivity contribution in [2.45, 2.75) is 70.1 Å². The number of aliphatic hydroxyl groups is 1. The van der Waals surface area contributed by atoms with E-state index >= 15 is 0 Å². The maximum Gasteiger partial charge on any atom is 0.274 e. The molecule has 2 unspecified atom stereocenters. The van der Waals surface area contributed by atoms with Gasteiger partial charge >= 0.3 is 0 Å². The van der Waals surface area contributed by atoms with E-state index in [1.807, 2.05) is 28.8 Å². The fourth-order valence-corrected chi connectivity index (χ4v) is 4.93. The van der Waals surface area contributed by atoms with Crippen LogP contribution < -0.4 is 0 Å². The van der Waals surface area contributed by atoms with Gasteiger partial charge in [0.1, 0.15) is 5.69 Å². The highest BCUT2D eigenvalue weighted by molar-refractivity contribution is 5.92. The van der Waals surface area contributed by atoms with E-state index in [1.54, 1.807) is 0 Å². The number of hydrogen-bond acceptors (Lipinski definition) is 4. The van der Waals surface area contributed by atoms with Crippen molar-refractivity contribution in [1.82, 2.24) is 14.7 Å². The summed E-state index contributed by atoms with van der Waals surface area (Å²) in [5.74, 6) is 0.0216. The molecule has 1 saturated heterocycles. The second kappa shape index (κ2) is 6.72. The molecular formula is C19H29N3O3. The van der Waals surface area contributed by atoms with Crippen LogP contribution in [-0.4, -0.2) is 57.6 Å². The largest absolute Gasteiger partial charge is 0.392 e. The van der Waals surface area contributed by atoms with Gasteiger partial charge in [-0.15, -0.1) is 0 Å². The van der Waals surface area contributed by atoms with Crippen molar-refractivity contribution < 1.29 is 14.6 Å². The highest BCUT2D eigenvalue weighted by Gasteiger charge is 2.56. The lowest BCUT2D eigenvalue weighted by atomic mass is 9.58. The van der Waals surface area contributed by atoms with Crippen molar-refractivity contribution in [3.05, 3.63) is 18.0 Å². The zero-order chi connectivity index (χ0) is 17.4. The fourth-order valence-electron chi connectivity index (χ4n) is 4.93. The van der Waals surface area contributed by atoms with E-state index in [9.17, 15) is 9.90 Å². The van der Waals surface area contributed by atoms with Crippen LogP contribution in [0, 0.1) is 5.41 Å². The van der Waals surface area contributed by atoms with Crippen molar-refractivity contribution in [3.63, 3.8) is 0 Å². The summed E-state index contributed by atoms with van der Waals surface area (Å²) in [4.78, 5) is 14.7. The Kier molecular flexibility index (Phi) is 4.58. The molecule has 1 spiro atoms. The molecule has 0 bridgehead atoms. The fraction of sp³-hybridized carbons (Fsp3) is 0.789. The lowest BCUT2D eigenvalue weighted by Crippen LogP contribution is -2.62. The van der Waals surface area contributed by atoms with E-state index < -0.39 is 0 Å². The number of rotatable bonds is 4. The van der Waals surface area contributed by atoms with E-state index in [0.29, 0.717) is 31.4 Å². The quantitative estimate of drug-likeness (QED) is 0.908. The number of amides is 1. The van der Waals surface area contributed by atoms with Gasteiger partial charge in [-0.25, -0.2) is 0 Å². The molecular weight excluding hydrogens is 318 g/mol. The maximum absolute atomic E-state index is 12.8. The summed E-state index contributed by atoms with van der Waals surface area (Å²) in [7, 11) is 0. The molecule has 1 aromatic rings. The number of carbonyl (C=O) groups excluding carboxylic acids is 1. The molecule has 1 aliphatic heterocycles. The summed E-state index contributed by atoms with van der Waals surface area (Å²) >= 11 is 0. The normalized spacial score (nSPS) is 29.1. The predicted molar refractivity (Wildman–Crippen MR) is 93.3 cm³/mol. The highest BCUT2D eigenvalue weighted by atomic mass is 16.5. The second-order valence-electron chi connectivity index (χ2n) is 7.84. The third-order valence-electron chi connectivity index (χ3n) is 6.62. The molecule has 1 aromatic heterocycles. The Morgan fingerprint density at radius 3 is 2.72 bits per heavy atom. The molecule has 6 nitrogen and oxygen atoms in total. The Balaban J connectivity index is 1.38. The molecule has 3 fully saturated rings. The average molecular weight is 347 g/mol. The average Bonchev–Trinajstić information content (AvgIpc) is 3.32. The van der Waals surface area contributed by atoms with E-state index in [0.717, 1.165) is 32.1 Å². The smallest absolute Gasteiger partial charge is 0.274 e. The SMILES string of the molecule is CCOC1CC(O)C12CCN(C(=O)c1ccn(C3CCCC3)n1)CC2. The Morgan fingerprint density at radius 1 is 1.36 bits per heavy atom. The number of hydrogen-bond donors (Lipinski definition) is 1. The molecule has 1 N–H and O–H groups in total. The van der Waals surface area contributed by atoms with Gasteiger partial charge in [0.05, 0.1) is 18.2 Å². The Morgan fingerprint density at radius 2 is 2.08 bits per heavy atom. The van der Waals surface area contributed by atoms with E-state index in [1.165, 1.54) is 12.8 Å². The number of aliphatic hydroxyl groups excluding tert-OH is 1. The lowest BCUT2D eigenvalue weighted by molar-refractivity contribution is -0.207. The first-order valence-electron chi connectivity index (χ1n) is 9.78. The topological polar surface area (TPSA) is 67.6 Å². The number of piperidine rings is 1. The number of carbonyl (C=O) groups is 1. The summed E-state index contributed by atoms with van der Waals surface area (Å²) in [6.07, 6.45) is 9.01. The Hall–Kier alpha value is -1.40. The van der Waals surface area contributed by atoms with Gasteiger partial charge in [-0.3, -0.25) is 9.48 Å². The van der Waals surface area contributed by atoms with Crippen LogP contribution in [0.3, 0.4) is 0 Å².